The molecular weight excluding hydrogens is 255 g/mol. The van der Waals surface area contributed by atoms with Gasteiger partial charge in [-0.25, -0.2) is 4.39 Å². The molecule has 3 nitrogen and oxygen atoms in total. The maximum absolute atomic E-state index is 12.8. The van der Waals surface area contributed by atoms with Crippen molar-refractivity contribution in [2.75, 3.05) is 19.6 Å². The van der Waals surface area contributed by atoms with Crippen LogP contribution in [-0.4, -0.2) is 36.5 Å². The van der Waals surface area contributed by atoms with Gasteiger partial charge in [0, 0.05) is 18.2 Å². The van der Waals surface area contributed by atoms with Crippen LogP contribution >= 0.6 is 0 Å². The number of benzene rings is 1. The number of nitrogens with one attached hydrogen (secondary N) is 1. The number of piperidine rings is 1. The number of rotatable bonds is 4. The summed E-state index contributed by atoms with van der Waals surface area (Å²) in [6.07, 6.45) is 2.25. The number of amides is 1. The Morgan fingerprint density at radius 2 is 1.90 bits per heavy atom. The fourth-order valence-electron chi connectivity index (χ4n) is 2.61. The van der Waals surface area contributed by atoms with E-state index in [9.17, 15) is 9.18 Å². The van der Waals surface area contributed by atoms with E-state index >= 15 is 0 Å². The van der Waals surface area contributed by atoms with E-state index < -0.39 is 0 Å². The van der Waals surface area contributed by atoms with Crippen LogP contribution in [0.25, 0.3) is 0 Å². The van der Waals surface area contributed by atoms with Crippen molar-refractivity contribution in [3.63, 3.8) is 0 Å². The minimum Gasteiger partial charge on any atom is -0.352 e. The zero-order valence-electron chi connectivity index (χ0n) is 12.2. The number of hydrogen-bond acceptors (Lipinski definition) is 2. The molecule has 0 radical (unpaired) electrons. The van der Waals surface area contributed by atoms with Gasteiger partial charge >= 0.3 is 0 Å². The van der Waals surface area contributed by atoms with Crippen LogP contribution < -0.4 is 5.32 Å². The standard InChI is InChI=1S/C16H23FN2O/c1-12(2)19-9-7-13(8-10-19)11-18-16(20)14-3-5-15(17)6-4-14/h3-6,12-13H,7-11H2,1-2H3,(H,18,20). The Morgan fingerprint density at radius 1 is 1.30 bits per heavy atom. The first kappa shape index (κ1) is 15.0. The van der Waals surface area contributed by atoms with Gasteiger partial charge in [0.2, 0.25) is 0 Å². The van der Waals surface area contributed by atoms with E-state index in [-0.39, 0.29) is 11.7 Å². The Balaban J connectivity index is 1.76. The largest absolute Gasteiger partial charge is 0.352 e. The van der Waals surface area contributed by atoms with Crippen LogP contribution in [0.15, 0.2) is 24.3 Å². The lowest BCUT2D eigenvalue weighted by molar-refractivity contribution is 0.0929. The fourth-order valence-corrected chi connectivity index (χ4v) is 2.61. The molecule has 1 aliphatic rings. The van der Waals surface area contributed by atoms with Gasteiger partial charge < -0.3 is 10.2 Å². The van der Waals surface area contributed by atoms with Crippen molar-refractivity contribution in [2.24, 2.45) is 5.92 Å². The Kier molecular flexibility index (Phi) is 5.12. The molecule has 0 spiro atoms. The van der Waals surface area contributed by atoms with E-state index in [4.69, 9.17) is 0 Å². The maximum Gasteiger partial charge on any atom is 0.251 e. The van der Waals surface area contributed by atoms with Crippen molar-refractivity contribution in [1.82, 2.24) is 10.2 Å². The van der Waals surface area contributed by atoms with Gasteiger partial charge in [-0.05, 0) is 70.0 Å². The first-order valence-electron chi connectivity index (χ1n) is 7.34. The highest BCUT2D eigenvalue weighted by Gasteiger charge is 2.21. The summed E-state index contributed by atoms with van der Waals surface area (Å²) < 4.78 is 12.8. The smallest absolute Gasteiger partial charge is 0.251 e. The van der Waals surface area contributed by atoms with E-state index in [1.807, 2.05) is 0 Å². The molecule has 0 unspecified atom stereocenters. The summed E-state index contributed by atoms with van der Waals surface area (Å²) >= 11 is 0. The quantitative estimate of drug-likeness (QED) is 0.918. The Hall–Kier alpha value is -1.42. The van der Waals surface area contributed by atoms with Crippen molar-refractivity contribution in [3.05, 3.63) is 35.6 Å². The van der Waals surface area contributed by atoms with Crippen molar-refractivity contribution < 1.29 is 9.18 Å². The Labute approximate surface area is 120 Å². The lowest BCUT2D eigenvalue weighted by Crippen LogP contribution is -2.41. The van der Waals surface area contributed by atoms with E-state index in [1.54, 1.807) is 0 Å². The second-order valence-electron chi connectivity index (χ2n) is 5.79. The van der Waals surface area contributed by atoms with Crippen molar-refractivity contribution in [3.8, 4) is 0 Å². The van der Waals surface area contributed by atoms with Crippen molar-refractivity contribution in [2.45, 2.75) is 32.7 Å². The highest BCUT2D eigenvalue weighted by molar-refractivity contribution is 5.94. The fraction of sp³-hybridized carbons (Fsp3) is 0.562. The van der Waals surface area contributed by atoms with Gasteiger partial charge in [0.1, 0.15) is 5.82 Å². The minimum atomic E-state index is -0.317. The molecule has 20 heavy (non-hydrogen) atoms. The molecule has 0 atom stereocenters. The van der Waals surface area contributed by atoms with E-state index in [0.717, 1.165) is 25.9 Å². The minimum absolute atomic E-state index is 0.115. The zero-order chi connectivity index (χ0) is 14.5. The average molecular weight is 278 g/mol. The number of carbonyl (C=O) groups is 1. The van der Waals surface area contributed by atoms with E-state index in [1.165, 1.54) is 24.3 Å². The summed E-state index contributed by atoms with van der Waals surface area (Å²) in [5.74, 6) is 0.119. The van der Waals surface area contributed by atoms with E-state index in [0.29, 0.717) is 24.1 Å². The summed E-state index contributed by atoms with van der Waals surface area (Å²) in [5.41, 5.74) is 0.519. The van der Waals surface area contributed by atoms with Crippen LogP contribution in [0.2, 0.25) is 0 Å². The molecule has 0 aliphatic carbocycles. The summed E-state index contributed by atoms with van der Waals surface area (Å²) in [6.45, 7) is 7.36. The number of likely N-dealkylation sites (tertiary alicyclic amines) is 1. The summed E-state index contributed by atoms with van der Waals surface area (Å²) in [6, 6.07) is 6.27. The van der Waals surface area contributed by atoms with Crippen LogP contribution in [0.1, 0.15) is 37.0 Å². The molecule has 1 N–H and O–H groups in total. The Bertz CT molecular complexity index is 436. The molecular formula is C16H23FN2O. The van der Waals surface area contributed by atoms with Gasteiger partial charge in [0.25, 0.3) is 5.91 Å². The lowest BCUT2D eigenvalue weighted by Gasteiger charge is -2.34. The number of halogens is 1. The first-order valence-corrected chi connectivity index (χ1v) is 7.34. The van der Waals surface area contributed by atoms with Gasteiger partial charge in [-0.2, -0.15) is 0 Å². The molecule has 110 valence electrons. The highest BCUT2D eigenvalue weighted by Crippen LogP contribution is 2.18. The molecule has 2 rings (SSSR count). The van der Waals surface area contributed by atoms with Crippen LogP contribution in [0, 0.1) is 11.7 Å². The highest BCUT2D eigenvalue weighted by atomic mass is 19.1. The lowest BCUT2D eigenvalue weighted by atomic mass is 9.96. The third-order valence-corrected chi connectivity index (χ3v) is 4.04. The van der Waals surface area contributed by atoms with E-state index in [2.05, 4.69) is 24.1 Å². The monoisotopic (exact) mass is 278 g/mol. The molecule has 1 aliphatic heterocycles. The predicted molar refractivity (Wildman–Crippen MR) is 78.2 cm³/mol. The topological polar surface area (TPSA) is 32.3 Å². The second kappa shape index (κ2) is 6.84. The van der Waals surface area contributed by atoms with Crippen molar-refractivity contribution >= 4 is 5.91 Å². The molecule has 0 aromatic heterocycles. The SMILES string of the molecule is CC(C)N1CCC(CNC(=O)c2ccc(F)cc2)CC1. The normalized spacial score (nSPS) is 17.4. The van der Waals surface area contributed by atoms with Gasteiger partial charge in [-0.3, -0.25) is 4.79 Å². The van der Waals surface area contributed by atoms with Crippen LogP contribution in [0.3, 0.4) is 0 Å². The zero-order valence-corrected chi connectivity index (χ0v) is 12.2. The maximum atomic E-state index is 12.8. The van der Waals surface area contributed by atoms with Gasteiger partial charge in [0.05, 0.1) is 0 Å². The van der Waals surface area contributed by atoms with Crippen LogP contribution in [-0.2, 0) is 0 Å². The van der Waals surface area contributed by atoms with Crippen LogP contribution in [0.5, 0.6) is 0 Å². The molecule has 1 heterocycles. The predicted octanol–water partition coefficient (Wildman–Crippen LogP) is 2.68. The summed E-state index contributed by atoms with van der Waals surface area (Å²) in [5, 5.41) is 2.95. The van der Waals surface area contributed by atoms with Gasteiger partial charge in [-0.15, -0.1) is 0 Å². The molecule has 1 amide bonds. The third kappa shape index (κ3) is 4.04. The average Bonchev–Trinajstić information content (AvgIpc) is 2.46. The third-order valence-electron chi connectivity index (χ3n) is 4.04. The second-order valence-corrected chi connectivity index (χ2v) is 5.79. The van der Waals surface area contributed by atoms with Gasteiger partial charge in [0.15, 0.2) is 0 Å². The number of carbonyl (C=O) groups excluding carboxylic acids is 1. The van der Waals surface area contributed by atoms with Gasteiger partial charge in [-0.1, -0.05) is 0 Å². The molecule has 0 bridgehead atoms. The molecule has 1 saturated heterocycles. The molecule has 0 saturated carbocycles. The van der Waals surface area contributed by atoms with Crippen LogP contribution in [0.4, 0.5) is 4.39 Å². The molecule has 4 heteroatoms. The molecule has 1 fully saturated rings. The Morgan fingerprint density at radius 3 is 2.45 bits per heavy atom. The summed E-state index contributed by atoms with van der Waals surface area (Å²) in [7, 11) is 0. The van der Waals surface area contributed by atoms with Crippen molar-refractivity contribution in [1.29, 1.82) is 0 Å². The first-order chi connectivity index (χ1) is 9.56. The molecule has 1 aromatic rings. The summed E-state index contributed by atoms with van der Waals surface area (Å²) in [4.78, 5) is 14.4. The number of nitrogens with zero attached hydrogens (tertiary/aromatic N) is 1. The number of hydrogen-bond donors (Lipinski definition) is 1. The molecule has 1 aromatic carbocycles.